The normalized spacial score (nSPS) is 41.0. The Morgan fingerprint density at radius 3 is 2.83 bits per heavy atom. The molecule has 4 bridgehead atoms. The molecular weight excluding hydrogens is 310 g/mol. The van der Waals surface area contributed by atoms with Crippen molar-refractivity contribution in [3.8, 4) is 11.5 Å². The van der Waals surface area contributed by atoms with Crippen molar-refractivity contribution in [2.24, 2.45) is 0 Å². The van der Waals surface area contributed by atoms with Gasteiger partial charge in [-0.15, -0.1) is 0 Å². The minimum Gasteiger partial charge on any atom is -0.496 e. The van der Waals surface area contributed by atoms with Crippen LogP contribution in [0.1, 0.15) is 36.0 Å². The van der Waals surface area contributed by atoms with E-state index >= 15 is 0 Å². The van der Waals surface area contributed by atoms with E-state index < -0.39 is 5.79 Å². The molecule has 0 radical (unpaired) electrons. The average Bonchev–Trinajstić information content (AvgIpc) is 3.20. The molecule has 24 heavy (non-hydrogen) atoms. The maximum absolute atomic E-state index is 11.5. The Bertz CT molecular complexity index is 792. The van der Waals surface area contributed by atoms with Gasteiger partial charge >= 0.3 is 0 Å². The van der Waals surface area contributed by atoms with E-state index in [-0.39, 0.29) is 24.4 Å². The van der Waals surface area contributed by atoms with Gasteiger partial charge in [0.1, 0.15) is 0 Å². The van der Waals surface area contributed by atoms with Crippen LogP contribution in [0, 0.1) is 0 Å². The van der Waals surface area contributed by atoms with Crippen molar-refractivity contribution in [1.29, 1.82) is 0 Å². The summed E-state index contributed by atoms with van der Waals surface area (Å²) < 4.78 is 22.9. The van der Waals surface area contributed by atoms with Crippen LogP contribution in [0.4, 0.5) is 0 Å². The highest BCUT2D eigenvalue weighted by Gasteiger charge is 2.68. The number of fused-ring (bicyclic) bond motifs is 1. The van der Waals surface area contributed by atoms with Crippen LogP contribution >= 0.6 is 0 Å². The van der Waals surface area contributed by atoms with Crippen molar-refractivity contribution in [3.63, 3.8) is 0 Å². The zero-order valence-electron chi connectivity index (χ0n) is 13.4. The van der Waals surface area contributed by atoms with E-state index in [0.29, 0.717) is 5.76 Å². The summed E-state index contributed by atoms with van der Waals surface area (Å²) >= 11 is 0. The van der Waals surface area contributed by atoms with Crippen molar-refractivity contribution in [3.05, 3.63) is 35.1 Å². The van der Waals surface area contributed by atoms with E-state index in [2.05, 4.69) is 11.0 Å². The Morgan fingerprint density at radius 1 is 1.25 bits per heavy atom. The summed E-state index contributed by atoms with van der Waals surface area (Å²) in [6.45, 7) is 2.04. The summed E-state index contributed by atoms with van der Waals surface area (Å²) in [5, 5.41) is 11.5. The van der Waals surface area contributed by atoms with E-state index in [1.54, 1.807) is 7.11 Å². The van der Waals surface area contributed by atoms with Gasteiger partial charge in [-0.2, -0.15) is 0 Å². The van der Waals surface area contributed by atoms with Crippen LogP contribution in [0.15, 0.2) is 24.0 Å². The molecule has 0 unspecified atom stereocenters. The second-order valence-corrected chi connectivity index (χ2v) is 7.32. The zero-order chi connectivity index (χ0) is 16.1. The molecule has 1 aromatic rings. The number of ether oxygens (including phenoxy) is 4. The molecule has 0 amide bonds. The van der Waals surface area contributed by atoms with E-state index in [1.165, 1.54) is 0 Å². The fourth-order valence-electron chi connectivity index (χ4n) is 5.50. The second kappa shape index (κ2) is 4.07. The van der Waals surface area contributed by atoms with Gasteiger partial charge in [0, 0.05) is 6.54 Å². The lowest BCUT2D eigenvalue weighted by Gasteiger charge is -2.42. The lowest BCUT2D eigenvalue weighted by atomic mass is 9.75. The first-order valence-electron chi connectivity index (χ1n) is 8.52. The summed E-state index contributed by atoms with van der Waals surface area (Å²) in [4.78, 5) is 2.46. The maximum Gasteiger partial charge on any atom is 0.234 e. The van der Waals surface area contributed by atoms with Crippen LogP contribution in [-0.2, 0) is 9.47 Å². The molecule has 6 nitrogen and oxygen atoms in total. The Labute approximate surface area is 139 Å². The summed E-state index contributed by atoms with van der Waals surface area (Å²) in [6.07, 6.45) is 4.01. The first-order chi connectivity index (χ1) is 11.7. The third kappa shape index (κ3) is 1.32. The third-order valence-corrected chi connectivity index (χ3v) is 6.38. The standard InChI is InChI=1S/C18H19NO5/c1-21-15-7-17-3-2-4-19(17)8-14-10-5-12-13(23-9-22-12)6-11(10)16(17)18(15,20)24-14/h5-7,14,16,20H,2-4,8-9H2,1H3/t14-,16-,17-,18+/m0/s1. The molecule has 7 rings (SSSR count). The van der Waals surface area contributed by atoms with Gasteiger partial charge in [-0.05, 0) is 48.7 Å². The highest BCUT2D eigenvalue weighted by molar-refractivity contribution is 5.57. The van der Waals surface area contributed by atoms with Crippen molar-refractivity contribution in [2.75, 3.05) is 27.0 Å². The van der Waals surface area contributed by atoms with E-state index in [0.717, 1.165) is 48.6 Å². The molecule has 1 N–H and O–H groups in total. The lowest BCUT2D eigenvalue weighted by molar-refractivity contribution is -0.237. The predicted molar refractivity (Wildman–Crippen MR) is 82.7 cm³/mol. The highest BCUT2D eigenvalue weighted by Crippen LogP contribution is 2.64. The van der Waals surface area contributed by atoms with Gasteiger partial charge in [-0.3, -0.25) is 4.90 Å². The minimum atomic E-state index is -1.40. The molecule has 1 spiro atoms. The second-order valence-electron chi connectivity index (χ2n) is 7.32. The van der Waals surface area contributed by atoms with Crippen LogP contribution in [0.25, 0.3) is 0 Å². The Kier molecular flexibility index (Phi) is 2.29. The first kappa shape index (κ1) is 13.5. The van der Waals surface area contributed by atoms with Crippen LogP contribution < -0.4 is 9.47 Å². The third-order valence-electron chi connectivity index (χ3n) is 6.38. The van der Waals surface area contributed by atoms with Crippen molar-refractivity contribution < 1.29 is 24.1 Å². The van der Waals surface area contributed by atoms with Gasteiger partial charge in [0.05, 0.1) is 24.7 Å². The summed E-state index contributed by atoms with van der Waals surface area (Å²) in [5.74, 6) is 0.447. The number of hydrogen-bond acceptors (Lipinski definition) is 6. The molecule has 6 aliphatic rings. The largest absolute Gasteiger partial charge is 0.496 e. The molecule has 2 saturated heterocycles. The van der Waals surface area contributed by atoms with Crippen LogP contribution in [0.5, 0.6) is 11.5 Å². The molecule has 2 fully saturated rings. The Hall–Kier alpha value is -1.76. The smallest absolute Gasteiger partial charge is 0.234 e. The summed E-state index contributed by atoms with van der Waals surface area (Å²) in [6, 6.07) is 4.07. The zero-order valence-corrected chi connectivity index (χ0v) is 13.4. The predicted octanol–water partition coefficient (Wildman–Crippen LogP) is 1.65. The van der Waals surface area contributed by atoms with Crippen LogP contribution in [-0.4, -0.2) is 48.3 Å². The molecule has 6 heteroatoms. The highest BCUT2D eigenvalue weighted by atomic mass is 16.7. The SMILES string of the molecule is COC1=C[C@]23CCCN2C[C@@H]2O[C@@]1(O)[C@H]3c1cc3c(cc12)OCO3. The molecular formula is C18H19NO5. The fraction of sp³-hybridized carbons (Fsp3) is 0.556. The number of nitrogens with zero attached hydrogens (tertiary/aromatic N) is 1. The molecule has 0 aromatic heterocycles. The Morgan fingerprint density at radius 2 is 2.04 bits per heavy atom. The maximum atomic E-state index is 11.5. The van der Waals surface area contributed by atoms with E-state index in [4.69, 9.17) is 18.9 Å². The Balaban J connectivity index is 1.65. The van der Waals surface area contributed by atoms with Gasteiger partial charge in [0.25, 0.3) is 0 Å². The topological polar surface area (TPSA) is 60.4 Å². The molecule has 0 saturated carbocycles. The van der Waals surface area contributed by atoms with Gasteiger partial charge < -0.3 is 24.1 Å². The molecule has 126 valence electrons. The quantitative estimate of drug-likeness (QED) is 0.845. The van der Waals surface area contributed by atoms with Gasteiger partial charge in [0.15, 0.2) is 17.3 Å². The summed E-state index contributed by atoms with van der Waals surface area (Å²) in [5.41, 5.74) is 1.97. The number of methoxy groups -OCH3 is 1. The number of aliphatic hydroxyl groups is 1. The number of rotatable bonds is 1. The molecule has 5 aliphatic heterocycles. The molecule has 5 heterocycles. The summed E-state index contributed by atoms with van der Waals surface area (Å²) in [7, 11) is 1.61. The monoisotopic (exact) mass is 329 g/mol. The van der Waals surface area contributed by atoms with E-state index in [9.17, 15) is 5.11 Å². The van der Waals surface area contributed by atoms with E-state index in [1.807, 2.05) is 12.1 Å². The van der Waals surface area contributed by atoms with Crippen LogP contribution in [0.2, 0.25) is 0 Å². The lowest BCUT2D eigenvalue weighted by Crippen LogP contribution is -2.50. The van der Waals surface area contributed by atoms with Gasteiger partial charge in [-0.1, -0.05) is 0 Å². The average molecular weight is 329 g/mol. The number of benzene rings is 1. The molecule has 4 atom stereocenters. The van der Waals surface area contributed by atoms with Crippen LogP contribution in [0.3, 0.4) is 0 Å². The van der Waals surface area contributed by atoms with Gasteiger partial charge in [-0.25, -0.2) is 0 Å². The van der Waals surface area contributed by atoms with Crippen molar-refractivity contribution in [1.82, 2.24) is 4.90 Å². The first-order valence-corrected chi connectivity index (χ1v) is 8.52. The van der Waals surface area contributed by atoms with Crippen molar-refractivity contribution >= 4 is 0 Å². The molecule has 1 aromatic carbocycles. The fourth-order valence-corrected chi connectivity index (χ4v) is 5.50. The minimum absolute atomic E-state index is 0.199. The number of hydrogen-bond donors (Lipinski definition) is 1. The van der Waals surface area contributed by atoms with Crippen molar-refractivity contribution in [2.45, 2.75) is 36.2 Å². The van der Waals surface area contributed by atoms with Gasteiger partial charge in [0.2, 0.25) is 12.6 Å². The molecule has 1 aliphatic carbocycles.